The summed E-state index contributed by atoms with van der Waals surface area (Å²) in [5.41, 5.74) is 2.36. The standard InChI is InChI=1S/C23H24N4O3/c1-4-26-18-12-8-7-11-17(18)24-23(26)25-20(28)19(13-14(2)3)27-21(29)15-9-5-6-10-16(15)22(27)30/h5-12,14,19H,4,13H2,1-3H3,(H,24,25,28)/t19-/m0/s1. The number of imidazole rings is 1. The number of anilines is 1. The normalized spacial score (nSPS) is 14.5. The van der Waals surface area contributed by atoms with Crippen LogP contribution in [0.4, 0.5) is 5.95 Å². The molecule has 0 saturated carbocycles. The molecule has 4 rings (SSSR count). The molecular formula is C23H24N4O3. The van der Waals surface area contributed by atoms with Gasteiger partial charge in [0.25, 0.3) is 11.8 Å². The maximum Gasteiger partial charge on any atom is 0.262 e. The Hall–Kier alpha value is -3.48. The van der Waals surface area contributed by atoms with Gasteiger partial charge in [0.2, 0.25) is 11.9 Å². The van der Waals surface area contributed by atoms with Gasteiger partial charge in [-0.2, -0.15) is 0 Å². The summed E-state index contributed by atoms with van der Waals surface area (Å²) < 4.78 is 1.90. The van der Waals surface area contributed by atoms with Crippen LogP contribution in [0, 0.1) is 5.92 Å². The first kappa shape index (κ1) is 19.8. The molecule has 0 radical (unpaired) electrons. The zero-order valence-electron chi connectivity index (χ0n) is 17.3. The maximum atomic E-state index is 13.3. The number of carbonyl (C=O) groups is 3. The van der Waals surface area contributed by atoms with Crippen molar-refractivity contribution in [3.63, 3.8) is 0 Å². The van der Waals surface area contributed by atoms with Crippen LogP contribution in [0.3, 0.4) is 0 Å². The van der Waals surface area contributed by atoms with Gasteiger partial charge in [0.1, 0.15) is 6.04 Å². The van der Waals surface area contributed by atoms with Gasteiger partial charge in [0.15, 0.2) is 0 Å². The Kier molecular flexibility index (Phi) is 5.11. The molecule has 1 N–H and O–H groups in total. The van der Waals surface area contributed by atoms with E-state index in [1.807, 2.05) is 49.6 Å². The Bertz CT molecular complexity index is 1110. The van der Waals surface area contributed by atoms with Crippen molar-refractivity contribution in [3.8, 4) is 0 Å². The van der Waals surface area contributed by atoms with Crippen LogP contribution in [0.5, 0.6) is 0 Å². The fourth-order valence-electron chi connectivity index (χ4n) is 3.95. The highest BCUT2D eigenvalue weighted by atomic mass is 16.2. The Morgan fingerprint density at radius 1 is 1.00 bits per heavy atom. The van der Waals surface area contributed by atoms with Crippen LogP contribution in [0.15, 0.2) is 48.5 Å². The van der Waals surface area contributed by atoms with E-state index in [0.29, 0.717) is 30.0 Å². The van der Waals surface area contributed by atoms with Crippen LogP contribution < -0.4 is 5.32 Å². The van der Waals surface area contributed by atoms with E-state index in [1.165, 1.54) is 0 Å². The van der Waals surface area contributed by atoms with E-state index < -0.39 is 23.8 Å². The van der Waals surface area contributed by atoms with E-state index in [2.05, 4.69) is 10.3 Å². The summed E-state index contributed by atoms with van der Waals surface area (Å²) in [5.74, 6) is -0.756. The highest BCUT2D eigenvalue weighted by Gasteiger charge is 2.43. The average molecular weight is 404 g/mol. The Balaban J connectivity index is 1.68. The largest absolute Gasteiger partial charge is 0.310 e. The van der Waals surface area contributed by atoms with Crippen LogP contribution in [0.1, 0.15) is 47.9 Å². The van der Waals surface area contributed by atoms with Crippen molar-refractivity contribution < 1.29 is 14.4 Å². The molecule has 3 amide bonds. The third kappa shape index (κ3) is 3.26. The minimum absolute atomic E-state index is 0.107. The molecule has 0 bridgehead atoms. The minimum Gasteiger partial charge on any atom is -0.310 e. The van der Waals surface area contributed by atoms with E-state index in [4.69, 9.17) is 0 Å². The number of benzene rings is 2. The molecular weight excluding hydrogens is 380 g/mol. The topological polar surface area (TPSA) is 84.3 Å². The molecule has 1 atom stereocenters. The summed E-state index contributed by atoms with van der Waals surface area (Å²) in [5, 5.41) is 2.87. The Morgan fingerprint density at radius 3 is 2.20 bits per heavy atom. The first-order chi connectivity index (χ1) is 14.4. The summed E-state index contributed by atoms with van der Waals surface area (Å²) in [4.78, 5) is 44.9. The molecule has 30 heavy (non-hydrogen) atoms. The number of aryl methyl sites for hydroxylation is 1. The van der Waals surface area contributed by atoms with Crippen molar-refractivity contribution in [2.45, 2.75) is 39.8 Å². The monoisotopic (exact) mass is 404 g/mol. The molecule has 2 heterocycles. The molecule has 0 saturated heterocycles. The summed E-state index contributed by atoms with van der Waals surface area (Å²) in [6.07, 6.45) is 0.365. The third-order valence-electron chi connectivity index (χ3n) is 5.34. The predicted octanol–water partition coefficient (Wildman–Crippen LogP) is 3.71. The number of aromatic nitrogens is 2. The van der Waals surface area contributed by atoms with Gasteiger partial charge in [-0.1, -0.05) is 38.1 Å². The molecule has 7 nitrogen and oxygen atoms in total. The number of para-hydroxylation sites is 2. The summed E-state index contributed by atoms with van der Waals surface area (Å²) in [6.45, 7) is 6.51. The lowest BCUT2D eigenvalue weighted by molar-refractivity contribution is -0.120. The number of fused-ring (bicyclic) bond motifs is 2. The molecule has 0 fully saturated rings. The summed E-state index contributed by atoms with van der Waals surface area (Å²) >= 11 is 0. The highest BCUT2D eigenvalue weighted by molar-refractivity contribution is 6.23. The van der Waals surface area contributed by atoms with Crippen LogP contribution in [-0.4, -0.2) is 38.2 Å². The van der Waals surface area contributed by atoms with Gasteiger partial charge in [0, 0.05) is 6.54 Å². The van der Waals surface area contributed by atoms with Crippen molar-refractivity contribution in [3.05, 3.63) is 59.7 Å². The highest BCUT2D eigenvalue weighted by Crippen LogP contribution is 2.28. The van der Waals surface area contributed by atoms with Crippen molar-refractivity contribution in [1.29, 1.82) is 0 Å². The second-order valence-electron chi connectivity index (χ2n) is 7.83. The zero-order chi connectivity index (χ0) is 21.4. The lowest BCUT2D eigenvalue weighted by atomic mass is 10.0. The number of carbonyl (C=O) groups excluding carboxylic acids is 3. The van der Waals surface area contributed by atoms with E-state index in [0.717, 1.165) is 15.9 Å². The number of hydrogen-bond acceptors (Lipinski definition) is 4. The summed E-state index contributed by atoms with van der Waals surface area (Å²) in [7, 11) is 0. The first-order valence-electron chi connectivity index (χ1n) is 10.2. The average Bonchev–Trinajstić information content (AvgIpc) is 3.20. The molecule has 1 aliphatic heterocycles. The van der Waals surface area contributed by atoms with E-state index in [9.17, 15) is 14.4 Å². The van der Waals surface area contributed by atoms with E-state index >= 15 is 0 Å². The predicted molar refractivity (Wildman–Crippen MR) is 114 cm³/mol. The van der Waals surface area contributed by atoms with Crippen molar-refractivity contribution >= 4 is 34.7 Å². The zero-order valence-corrected chi connectivity index (χ0v) is 17.3. The molecule has 0 aliphatic carbocycles. The molecule has 2 aromatic carbocycles. The van der Waals surface area contributed by atoms with Crippen LogP contribution in [0.2, 0.25) is 0 Å². The molecule has 7 heteroatoms. The fraction of sp³-hybridized carbons (Fsp3) is 0.304. The molecule has 154 valence electrons. The number of imide groups is 1. The maximum absolute atomic E-state index is 13.3. The van der Waals surface area contributed by atoms with Crippen molar-refractivity contribution in [2.24, 2.45) is 5.92 Å². The second-order valence-corrected chi connectivity index (χ2v) is 7.83. The van der Waals surface area contributed by atoms with Gasteiger partial charge in [-0.3, -0.25) is 24.6 Å². The van der Waals surface area contributed by atoms with E-state index in [-0.39, 0.29) is 5.92 Å². The number of rotatable bonds is 6. The SMILES string of the molecule is CCn1c(NC(=O)[C@H](CC(C)C)N2C(=O)c3ccccc3C2=O)nc2ccccc21. The van der Waals surface area contributed by atoms with Gasteiger partial charge >= 0.3 is 0 Å². The van der Waals surface area contributed by atoms with Gasteiger partial charge in [-0.05, 0) is 43.5 Å². The van der Waals surface area contributed by atoms with Gasteiger partial charge in [-0.25, -0.2) is 4.98 Å². The number of nitrogens with zero attached hydrogens (tertiary/aromatic N) is 3. The van der Waals surface area contributed by atoms with Gasteiger partial charge in [-0.15, -0.1) is 0 Å². The number of hydrogen-bond donors (Lipinski definition) is 1. The molecule has 0 spiro atoms. The first-order valence-corrected chi connectivity index (χ1v) is 10.2. The van der Waals surface area contributed by atoms with Gasteiger partial charge in [0.05, 0.1) is 22.2 Å². The lowest BCUT2D eigenvalue weighted by Crippen LogP contribution is -2.48. The second kappa shape index (κ2) is 7.74. The smallest absolute Gasteiger partial charge is 0.262 e. The number of amides is 3. The van der Waals surface area contributed by atoms with Gasteiger partial charge < -0.3 is 4.57 Å². The number of nitrogens with one attached hydrogen (secondary N) is 1. The van der Waals surface area contributed by atoms with E-state index in [1.54, 1.807) is 24.3 Å². The minimum atomic E-state index is -0.914. The van der Waals surface area contributed by atoms with Crippen LogP contribution in [0.25, 0.3) is 11.0 Å². The lowest BCUT2D eigenvalue weighted by Gasteiger charge is -2.26. The molecule has 0 unspecified atom stereocenters. The quantitative estimate of drug-likeness (QED) is 0.635. The van der Waals surface area contributed by atoms with Crippen LogP contribution in [-0.2, 0) is 11.3 Å². The van der Waals surface area contributed by atoms with Crippen molar-refractivity contribution in [2.75, 3.05) is 5.32 Å². The fourth-order valence-corrected chi connectivity index (χ4v) is 3.95. The Labute approximate surface area is 174 Å². The Morgan fingerprint density at radius 2 is 1.60 bits per heavy atom. The molecule has 1 aromatic heterocycles. The van der Waals surface area contributed by atoms with Crippen LogP contribution >= 0.6 is 0 Å². The summed E-state index contributed by atoms with van der Waals surface area (Å²) in [6, 6.07) is 13.4. The van der Waals surface area contributed by atoms with Crippen molar-refractivity contribution in [1.82, 2.24) is 14.5 Å². The molecule has 1 aliphatic rings. The third-order valence-corrected chi connectivity index (χ3v) is 5.34. The molecule has 3 aromatic rings.